The Morgan fingerprint density at radius 3 is 2.88 bits per heavy atom. The second-order valence-corrected chi connectivity index (χ2v) is 5.41. The van der Waals surface area contributed by atoms with E-state index in [9.17, 15) is 0 Å². The molecule has 1 unspecified atom stereocenters. The highest BCUT2D eigenvalue weighted by molar-refractivity contribution is 9.10. The molecule has 0 saturated heterocycles. The monoisotopic (exact) mass is 299 g/mol. The summed E-state index contributed by atoms with van der Waals surface area (Å²) in [5, 5.41) is 8.52. The molecule has 5 heteroatoms. The molecule has 2 aromatic rings. The first-order valence-corrected chi connectivity index (χ1v) is 6.79. The maximum Gasteiger partial charge on any atom is 0.0738 e. The van der Waals surface area contributed by atoms with Crippen LogP contribution in [0.2, 0.25) is 0 Å². The first-order valence-electron chi connectivity index (χ1n) is 5.05. The molecule has 0 aromatic carbocycles. The molecule has 0 aliphatic heterocycles. The fourth-order valence-electron chi connectivity index (χ4n) is 1.71. The van der Waals surface area contributed by atoms with Gasteiger partial charge in [-0.15, -0.1) is 0 Å². The fourth-order valence-corrected chi connectivity index (χ4v) is 2.94. The first-order chi connectivity index (χ1) is 7.59. The van der Waals surface area contributed by atoms with Crippen LogP contribution >= 0.6 is 27.3 Å². The van der Waals surface area contributed by atoms with Crippen LogP contribution in [-0.4, -0.2) is 9.78 Å². The van der Waals surface area contributed by atoms with Crippen LogP contribution in [-0.2, 0) is 13.5 Å². The van der Waals surface area contributed by atoms with Gasteiger partial charge in [-0.1, -0.05) is 0 Å². The number of nitrogens with zero attached hydrogens (tertiary/aromatic N) is 2. The van der Waals surface area contributed by atoms with Gasteiger partial charge >= 0.3 is 0 Å². The number of hydrogen-bond acceptors (Lipinski definition) is 3. The Morgan fingerprint density at radius 1 is 1.62 bits per heavy atom. The molecule has 2 heterocycles. The summed E-state index contributed by atoms with van der Waals surface area (Å²) in [4.78, 5) is 0. The van der Waals surface area contributed by atoms with Crippen LogP contribution in [0.4, 0.5) is 0 Å². The minimum Gasteiger partial charge on any atom is -0.324 e. The summed E-state index contributed by atoms with van der Waals surface area (Å²) in [5.41, 5.74) is 9.51. The van der Waals surface area contributed by atoms with E-state index in [1.165, 1.54) is 5.56 Å². The molecule has 2 aromatic heterocycles. The summed E-state index contributed by atoms with van der Waals surface area (Å²) in [6, 6.07) is 2.12. The van der Waals surface area contributed by atoms with E-state index in [2.05, 4.69) is 37.9 Å². The van der Waals surface area contributed by atoms with Crippen LogP contribution in [0.25, 0.3) is 0 Å². The first kappa shape index (κ1) is 11.8. The SMILES string of the molecule is Cc1nn(C)c(CC(N)c2ccsc2)c1Br. The minimum absolute atomic E-state index is 0.0392. The number of nitrogens with two attached hydrogens (primary N) is 1. The topological polar surface area (TPSA) is 43.8 Å². The third-order valence-corrected chi connectivity index (χ3v) is 4.38. The normalized spacial score (nSPS) is 13.0. The van der Waals surface area contributed by atoms with Gasteiger partial charge < -0.3 is 5.73 Å². The highest BCUT2D eigenvalue weighted by Crippen LogP contribution is 2.25. The van der Waals surface area contributed by atoms with Crippen LogP contribution in [0.3, 0.4) is 0 Å². The van der Waals surface area contributed by atoms with Gasteiger partial charge in [-0.3, -0.25) is 4.68 Å². The van der Waals surface area contributed by atoms with Crippen molar-refractivity contribution in [3.05, 3.63) is 38.3 Å². The van der Waals surface area contributed by atoms with E-state index in [0.717, 1.165) is 22.3 Å². The molecule has 0 bridgehead atoms. The molecular weight excluding hydrogens is 286 g/mol. The summed E-state index contributed by atoms with van der Waals surface area (Å²) in [6.45, 7) is 1.99. The summed E-state index contributed by atoms with van der Waals surface area (Å²) in [6.07, 6.45) is 0.800. The second kappa shape index (κ2) is 4.69. The molecular formula is C11H14BrN3S. The van der Waals surface area contributed by atoms with Crippen molar-refractivity contribution in [1.82, 2.24) is 9.78 Å². The lowest BCUT2D eigenvalue weighted by molar-refractivity contribution is 0.639. The molecule has 1 atom stereocenters. The Hall–Kier alpha value is -0.650. The van der Waals surface area contributed by atoms with E-state index >= 15 is 0 Å². The summed E-state index contributed by atoms with van der Waals surface area (Å²) >= 11 is 5.23. The minimum atomic E-state index is 0.0392. The van der Waals surface area contributed by atoms with E-state index in [1.54, 1.807) is 11.3 Å². The van der Waals surface area contributed by atoms with Crippen LogP contribution in [0.1, 0.15) is 23.0 Å². The number of aryl methyl sites for hydroxylation is 2. The van der Waals surface area contributed by atoms with Crippen molar-refractivity contribution in [2.75, 3.05) is 0 Å². The van der Waals surface area contributed by atoms with Crippen molar-refractivity contribution in [3.63, 3.8) is 0 Å². The average Bonchev–Trinajstić information content (AvgIpc) is 2.83. The van der Waals surface area contributed by atoms with Crippen LogP contribution < -0.4 is 5.73 Å². The zero-order valence-electron chi connectivity index (χ0n) is 9.27. The van der Waals surface area contributed by atoms with Crippen molar-refractivity contribution in [2.45, 2.75) is 19.4 Å². The zero-order chi connectivity index (χ0) is 11.7. The van der Waals surface area contributed by atoms with Gasteiger partial charge in [-0.25, -0.2) is 0 Å². The van der Waals surface area contributed by atoms with Crippen LogP contribution in [0.15, 0.2) is 21.3 Å². The Labute approximate surface area is 107 Å². The quantitative estimate of drug-likeness (QED) is 0.947. The highest BCUT2D eigenvalue weighted by Gasteiger charge is 2.15. The Morgan fingerprint density at radius 2 is 2.38 bits per heavy atom. The summed E-state index contributed by atoms with van der Waals surface area (Å²) in [5.74, 6) is 0. The summed E-state index contributed by atoms with van der Waals surface area (Å²) < 4.78 is 2.96. The smallest absolute Gasteiger partial charge is 0.0738 e. The fraction of sp³-hybridized carbons (Fsp3) is 0.364. The lowest BCUT2D eigenvalue weighted by atomic mass is 10.1. The lowest BCUT2D eigenvalue weighted by Crippen LogP contribution is -2.14. The van der Waals surface area contributed by atoms with E-state index < -0.39 is 0 Å². The molecule has 3 nitrogen and oxygen atoms in total. The van der Waals surface area contributed by atoms with Gasteiger partial charge in [-0.2, -0.15) is 16.4 Å². The number of hydrogen-bond donors (Lipinski definition) is 1. The lowest BCUT2D eigenvalue weighted by Gasteiger charge is -2.10. The molecule has 0 saturated carbocycles. The Balaban J connectivity index is 2.21. The number of rotatable bonds is 3. The number of halogens is 1. The van der Waals surface area contributed by atoms with Crippen LogP contribution in [0, 0.1) is 6.92 Å². The maximum absolute atomic E-state index is 6.16. The summed E-state index contributed by atoms with van der Waals surface area (Å²) in [7, 11) is 1.95. The van der Waals surface area contributed by atoms with Crippen molar-refractivity contribution < 1.29 is 0 Å². The van der Waals surface area contributed by atoms with E-state index in [4.69, 9.17) is 5.73 Å². The third kappa shape index (κ3) is 2.21. The van der Waals surface area contributed by atoms with E-state index in [1.807, 2.05) is 18.7 Å². The molecule has 0 aliphatic rings. The van der Waals surface area contributed by atoms with Gasteiger partial charge in [0.15, 0.2) is 0 Å². The molecule has 2 N–H and O–H groups in total. The molecule has 0 radical (unpaired) electrons. The van der Waals surface area contributed by atoms with Gasteiger partial charge in [0, 0.05) is 19.5 Å². The molecule has 2 rings (SSSR count). The van der Waals surface area contributed by atoms with Crippen molar-refractivity contribution in [3.8, 4) is 0 Å². The molecule has 86 valence electrons. The van der Waals surface area contributed by atoms with Gasteiger partial charge in [0.25, 0.3) is 0 Å². The second-order valence-electron chi connectivity index (χ2n) is 3.84. The van der Waals surface area contributed by atoms with Gasteiger partial charge in [0.1, 0.15) is 0 Å². The molecule has 0 fully saturated rings. The standard InChI is InChI=1S/C11H14BrN3S/c1-7-11(12)10(15(2)14-7)5-9(13)8-3-4-16-6-8/h3-4,6,9H,5,13H2,1-2H3. The number of aromatic nitrogens is 2. The number of thiophene rings is 1. The Kier molecular flexibility index (Phi) is 3.47. The van der Waals surface area contributed by atoms with Crippen LogP contribution in [0.5, 0.6) is 0 Å². The van der Waals surface area contributed by atoms with Gasteiger partial charge in [0.05, 0.1) is 15.9 Å². The third-order valence-electron chi connectivity index (χ3n) is 2.65. The molecule has 0 amide bonds. The van der Waals surface area contributed by atoms with E-state index in [-0.39, 0.29) is 6.04 Å². The maximum atomic E-state index is 6.16. The van der Waals surface area contributed by atoms with Crippen molar-refractivity contribution in [2.24, 2.45) is 12.8 Å². The van der Waals surface area contributed by atoms with Crippen molar-refractivity contribution >= 4 is 27.3 Å². The zero-order valence-corrected chi connectivity index (χ0v) is 11.7. The molecule has 0 aliphatic carbocycles. The van der Waals surface area contributed by atoms with E-state index in [0.29, 0.717) is 0 Å². The Bertz CT molecular complexity index is 476. The molecule has 16 heavy (non-hydrogen) atoms. The van der Waals surface area contributed by atoms with Crippen molar-refractivity contribution in [1.29, 1.82) is 0 Å². The highest BCUT2D eigenvalue weighted by atomic mass is 79.9. The molecule has 0 spiro atoms. The predicted octanol–water partition coefficient (Wildman–Crippen LogP) is 2.80. The largest absolute Gasteiger partial charge is 0.324 e. The van der Waals surface area contributed by atoms with Gasteiger partial charge in [-0.05, 0) is 45.2 Å². The van der Waals surface area contributed by atoms with Gasteiger partial charge in [0.2, 0.25) is 0 Å². The average molecular weight is 300 g/mol. The predicted molar refractivity (Wildman–Crippen MR) is 70.6 cm³/mol.